The van der Waals surface area contributed by atoms with E-state index in [0.717, 1.165) is 24.1 Å². The molecular formula is C29H32N4O6. The summed E-state index contributed by atoms with van der Waals surface area (Å²) in [6.45, 7) is 4.41. The molecule has 3 aromatic rings. The Kier molecular flexibility index (Phi) is 10.9. The van der Waals surface area contributed by atoms with E-state index in [1.807, 2.05) is 38.1 Å². The van der Waals surface area contributed by atoms with Crippen LogP contribution in [0, 0.1) is 0 Å². The van der Waals surface area contributed by atoms with Gasteiger partial charge in [0.05, 0.1) is 19.9 Å². The molecule has 0 radical (unpaired) electrons. The lowest BCUT2D eigenvalue weighted by molar-refractivity contribution is -0.136. The smallest absolute Gasteiger partial charge is 0.329 e. The Morgan fingerprint density at radius 3 is 2.36 bits per heavy atom. The fourth-order valence-electron chi connectivity index (χ4n) is 3.42. The van der Waals surface area contributed by atoms with E-state index >= 15 is 0 Å². The van der Waals surface area contributed by atoms with Gasteiger partial charge in [-0.25, -0.2) is 5.43 Å². The highest BCUT2D eigenvalue weighted by Gasteiger charge is 2.13. The van der Waals surface area contributed by atoms with E-state index in [-0.39, 0.29) is 12.5 Å². The van der Waals surface area contributed by atoms with Gasteiger partial charge in [-0.15, -0.1) is 0 Å². The maximum absolute atomic E-state index is 12.4. The van der Waals surface area contributed by atoms with Gasteiger partial charge in [0.15, 0.2) is 18.1 Å². The van der Waals surface area contributed by atoms with E-state index in [0.29, 0.717) is 35.1 Å². The number of ether oxygens (including phenoxy) is 3. The second kappa shape index (κ2) is 14.8. The number of methoxy groups -OCH3 is 1. The Bertz CT molecular complexity index is 1310. The molecule has 0 spiro atoms. The Hall–Kier alpha value is -4.86. The van der Waals surface area contributed by atoms with E-state index in [1.54, 1.807) is 42.5 Å². The molecule has 3 amide bonds. The SMILES string of the molecule is CCCOc1ccc(NC(=O)C(=O)N/N=C\c2ccc(OCC(=O)Nc3ccccc3CC)c(OC)c2)cc1. The second-order valence-corrected chi connectivity index (χ2v) is 8.28. The molecule has 39 heavy (non-hydrogen) atoms. The first kappa shape index (κ1) is 28.7. The van der Waals surface area contributed by atoms with Gasteiger partial charge >= 0.3 is 11.8 Å². The molecule has 3 N–H and O–H groups in total. The van der Waals surface area contributed by atoms with Gasteiger partial charge in [0, 0.05) is 11.4 Å². The van der Waals surface area contributed by atoms with Crippen molar-refractivity contribution in [2.24, 2.45) is 5.10 Å². The number of benzene rings is 3. The molecule has 10 heteroatoms. The summed E-state index contributed by atoms with van der Waals surface area (Å²) in [6, 6.07) is 19.2. The Morgan fingerprint density at radius 1 is 0.872 bits per heavy atom. The van der Waals surface area contributed by atoms with E-state index in [9.17, 15) is 14.4 Å². The summed E-state index contributed by atoms with van der Waals surface area (Å²) < 4.78 is 16.5. The minimum Gasteiger partial charge on any atom is -0.494 e. The van der Waals surface area contributed by atoms with Crippen LogP contribution >= 0.6 is 0 Å². The lowest BCUT2D eigenvalue weighted by atomic mass is 10.1. The number of nitrogens with zero attached hydrogens (tertiary/aromatic N) is 1. The fraction of sp³-hybridized carbons (Fsp3) is 0.241. The lowest BCUT2D eigenvalue weighted by Crippen LogP contribution is -2.32. The third kappa shape index (κ3) is 8.89. The van der Waals surface area contributed by atoms with Crippen LogP contribution in [0.5, 0.6) is 17.2 Å². The van der Waals surface area contributed by atoms with Crippen LogP contribution in [0.3, 0.4) is 0 Å². The van der Waals surface area contributed by atoms with Crippen molar-refractivity contribution >= 4 is 35.3 Å². The second-order valence-electron chi connectivity index (χ2n) is 8.28. The minimum absolute atomic E-state index is 0.207. The minimum atomic E-state index is -0.930. The van der Waals surface area contributed by atoms with Crippen LogP contribution in [0.2, 0.25) is 0 Å². The first-order valence-corrected chi connectivity index (χ1v) is 12.5. The van der Waals surface area contributed by atoms with Gasteiger partial charge in [-0.1, -0.05) is 32.0 Å². The van der Waals surface area contributed by atoms with Crippen LogP contribution in [0.25, 0.3) is 0 Å². The highest BCUT2D eigenvalue weighted by molar-refractivity contribution is 6.39. The molecule has 0 aliphatic rings. The highest BCUT2D eigenvalue weighted by atomic mass is 16.5. The quantitative estimate of drug-likeness (QED) is 0.183. The average Bonchev–Trinajstić information content (AvgIpc) is 2.96. The summed E-state index contributed by atoms with van der Waals surface area (Å²) in [5.74, 6) is -0.683. The van der Waals surface area contributed by atoms with E-state index in [1.165, 1.54) is 13.3 Å². The van der Waals surface area contributed by atoms with Crippen LogP contribution in [-0.4, -0.2) is 44.3 Å². The van der Waals surface area contributed by atoms with Crippen LogP contribution in [-0.2, 0) is 20.8 Å². The predicted molar refractivity (Wildman–Crippen MR) is 150 cm³/mol. The molecule has 0 saturated heterocycles. The Labute approximate surface area is 227 Å². The number of carbonyl (C=O) groups excluding carboxylic acids is 3. The summed E-state index contributed by atoms with van der Waals surface area (Å²) in [5.41, 5.74) is 4.99. The third-order valence-corrected chi connectivity index (χ3v) is 5.39. The number of aryl methyl sites for hydroxylation is 1. The molecule has 0 aromatic heterocycles. The summed E-state index contributed by atoms with van der Waals surface area (Å²) in [5, 5.41) is 9.17. The molecule has 3 aromatic carbocycles. The van der Waals surface area contributed by atoms with Gasteiger partial charge in [0.2, 0.25) is 0 Å². The standard InChI is InChI=1S/C29H32N4O6/c1-4-16-38-23-13-11-22(12-14-23)31-28(35)29(36)33-30-18-20-10-15-25(26(17-20)37-3)39-19-27(34)32-24-9-7-6-8-21(24)5-2/h6-15,17-18H,4-5,16,19H2,1-3H3,(H,31,35)(H,32,34)(H,33,36)/b30-18-. The van der Waals surface area contributed by atoms with Crippen molar-refractivity contribution in [3.8, 4) is 17.2 Å². The number of nitrogens with one attached hydrogen (secondary N) is 3. The van der Waals surface area contributed by atoms with Gasteiger partial charge in [-0.2, -0.15) is 5.10 Å². The molecule has 0 unspecified atom stereocenters. The zero-order valence-corrected chi connectivity index (χ0v) is 22.2. The molecule has 0 aliphatic carbocycles. The monoisotopic (exact) mass is 532 g/mol. The van der Waals surface area contributed by atoms with Gasteiger partial charge in [0.1, 0.15) is 5.75 Å². The van der Waals surface area contributed by atoms with Crippen LogP contribution in [0.4, 0.5) is 11.4 Å². The maximum atomic E-state index is 12.4. The molecular weight excluding hydrogens is 500 g/mol. The molecule has 0 saturated carbocycles. The topological polar surface area (TPSA) is 127 Å². The van der Waals surface area contributed by atoms with Crippen molar-refractivity contribution in [3.63, 3.8) is 0 Å². The first-order valence-electron chi connectivity index (χ1n) is 12.5. The van der Waals surface area contributed by atoms with E-state index in [4.69, 9.17) is 14.2 Å². The average molecular weight is 533 g/mol. The number of hydrogen-bond acceptors (Lipinski definition) is 7. The highest BCUT2D eigenvalue weighted by Crippen LogP contribution is 2.27. The van der Waals surface area contributed by atoms with Crippen molar-refractivity contribution in [2.45, 2.75) is 26.7 Å². The van der Waals surface area contributed by atoms with Crippen LogP contribution in [0.15, 0.2) is 71.8 Å². The molecule has 10 nitrogen and oxygen atoms in total. The maximum Gasteiger partial charge on any atom is 0.329 e. The van der Waals surface area contributed by atoms with Gasteiger partial charge in [-0.3, -0.25) is 14.4 Å². The van der Waals surface area contributed by atoms with Crippen molar-refractivity contribution in [1.82, 2.24) is 5.43 Å². The number of rotatable bonds is 12. The molecule has 0 fully saturated rings. The third-order valence-electron chi connectivity index (χ3n) is 5.39. The predicted octanol–water partition coefficient (Wildman–Crippen LogP) is 4.15. The van der Waals surface area contributed by atoms with Gasteiger partial charge in [-0.05, 0) is 72.5 Å². The largest absolute Gasteiger partial charge is 0.494 e. The summed E-state index contributed by atoms with van der Waals surface area (Å²) in [4.78, 5) is 36.6. The van der Waals surface area contributed by atoms with Crippen molar-refractivity contribution in [3.05, 3.63) is 77.9 Å². The van der Waals surface area contributed by atoms with Crippen molar-refractivity contribution < 1.29 is 28.6 Å². The van der Waals surface area contributed by atoms with Gasteiger partial charge < -0.3 is 24.8 Å². The lowest BCUT2D eigenvalue weighted by Gasteiger charge is -2.13. The molecule has 0 aliphatic heterocycles. The molecule has 0 atom stereocenters. The summed E-state index contributed by atoms with van der Waals surface area (Å²) in [7, 11) is 1.47. The molecule has 0 bridgehead atoms. The number of amides is 3. The normalized spacial score (nSPS) is 10.5. The Morgan fingerprint density at radius 2 is 1.64 bits per heavy atom. The summed E-state index contributed by atoms with van der Waals surface area (Å²) >= 11 is 0. The molecule has 0 heterocycles. The first-order chi connectivity index (χ1) is 18.9. The van der Waals surface area contributed by atoms with E-state index in [2.05, 4.69) is 21.2 Å². The van der Waals surface area contributed by atoms with E-state index < -0.39 is 11.8 Å². The zero-order chi connectivity index (χ0) is 28.0. The zero-order valence-electron chi connectivity index (χ0n) is 22.2. The summed E-state index contributed by atoms with van der Waals surface area (Å²) in [6.07, 6.45) is 3.03. The molecule has 3 rings (SSSR count). The number of para-hydroxylation sites is 1. The number of carbonyl (C=O) groups is 3. The Balaban J connectivity index is 1.50. The van der Waals surface area contributed by atoms with Gasteiger partial charge in [0.25, 0.3) is 5.91 Å². The number of hydrogen-bond donors (Lipinski definition) is 3. The van der Waals surface area contributed by atoms with Crippen LogP contribution in [0.1, 0.15) is 31.4 Å². The van der Waals surface area contributed by atoms with Crippen molar-refractivity contribution in [2.75, 3.05) is 31.0 Å². The fourth-order valence-corrected chi connectivity index (χ4v) is 3.42. The molecule has 204 valence electrons. The van der Waals surface area contributed by atoms with Crippen LogP contribution < -0.4 is 30.3 Å². The number of anilines is 2. The number of hydrazone groups is 1. The van der Waals surface area contributed by atoms with Crippen molar-refractivity contribution in [1.29, 1.82) is 0 Å².